The van der Waals surface area contributed by atoms with Gasteiger partial charge in [0, 0.05) is 23.2 Å². The molecule has 0 aliphatic carbocycles. The lowest BCUT2D eigenvalue weighted by Crippen LogP contribution is -2.54. The van der Waals surface area contributed by atoms with Crippen molar-refractivity contribution in [3.8, 4) is 0 Å². The fraction of sp³-hybridized carbons (Fsp3) is 0.261. The van der Waals surface area contributed by atoms with Gasteiger partial charge in [-0.1, -0.05) is 15.9 Å². The van der Waals surface area contributed by atoms with Crippen molar-refractivity contribution in [2.75, 3.05) is 22.9 Å². The Hall–Kier alpha value is -2.51. The number of amides is 2. The lowest BCUT2D eigenvalue weighted by molar-refractivity contribution is -0.122. The number of aryl methyl sites for hydroxylation is 2. The molecule has 1 fully saturated rings. The molecule has 0 bridgehead atoms. The number of thiocarbonyl (C=S) groups is 1. The fourth-order valence-electron chi connectivity index (χ4n) is 4.56. The number of carbonyl (C=O) groups is 2. The number of halogens is 1. The summed E-state index contributed by atoms with van der Waals surface area (Å²) in [7, 11) is 0. The van der Waals surface area contributed by atoms with Crippen LogP contribution in [-0.2, 0) is 22.4 Å². The Morgan fingerprint density at radius 2 is 1.63 bits per heavy atom. The zero-order chi connectivity index (χ0) is 20.8. The maximum atomic E-state index is 13.2. The minimum Gasteiger partial charge on any atom is -0.371 e. The van der Waals surface area contributed by atoms with E-state index in [-0.39, 0.29) is 10.7 Å². The van der Waals surface area contributed by atoms with E-state index in [1.807, 2.05) is 12.1 Å². The van der Waals surface area contributed by atoms with Crippen molar-refractivity contribution < 1.29 is 9.59 Å². The summed E-state index contributed by atoms with van der Waals surface area (Å²) in [6.45, 7) is 2.22. The third kappa shape index (κ3) is 3.36. The van der Waals surface area contributed by atoms with Crippen LogP contribution in [0, 0.1) is 0 Å². The first-order valence-corrected chi connectivity index (χ1v) is 11.3. The quantitative estimate of drug-likeness (QED) is 0.400. The average Bonchev–Trinajstić information content (AvgIpc) is 2.73. The highest BCUT2D eigenvalue weighted by molar-refractivity contribution is 9.10. The van der Waals surface area contributed by atoms with Gasteiger partial charge in [-0.25, -0.2) is 0 Å². The largest absolute Gasteiger partial charge is 0.371 e. The van der Waals surface area contributed by atoms with E-state index < -0.39 is 11.8 Å². The van der Waals surface area contributed by atoms with Crippen LogP contribution in [0.15, 0.2) is 46.4 Å². The fourth-order valence-corrected chi connectivity index (χ4v) is 5.11. The van der Waals surface area contributed by atoms with Gasteiger partial charge in [0.2, 0.25) is 0 Å². The molecule has 2 aromatic carbocycles. The minimum absolute atomic E-state index is 0.0978. The maximum absolute atomic E-state index is 13.2. The van der Waals surface area contributed by atoms with Gasteiger partial charge < -0.3 is 4.90 Å². The Labute approximate surface area is 188 Å². The minimum atomic E-state index is -0.452. The van der Waals surface area contributed by atoms with Crippen LogP contribution in [-0.4, -0.2) is 30.0 Å². The number of anilines is 2. The summed E-state index contributed by atoms with van der Waals surface area (Å²) < 4.78 is 0.901. The molecule has 0 spiro atoms. The lowest BCUT2D eigenvalue weighted by Gasteiger charge is -2.37. The topological polar surface area (TPSA) is 52.7 Å². The zero-order valence-electron chi connectivity index (χ0n) is 16.3. The average molecular weight is 482 g/mol. The molecule has 3 aliphatic rings. The molecule has 5 nitrogen and oxygen atoms in total. The van der Waals surface area contributed by atoms with Crippen LogP contribution < -0.4 is 15.1 Å². The summed E-state index contributed by atoms with van der Waals surface area (Å²) in [6.07, 6.45) is 6.04. The highest BCUT2D eigenvalue weighted by Gasteiger charge is 2.34. The number of carbonyl (C=O) groups excluding carboxylic acids is 2. The van der Waals surface area contributed by atoms with Gasteiger partial charge in [-0.2, -0.15) is 0 Å². The second kappa shape index (κ2) is 7.63. The van der Waals surface area contributed by atoms with E-state index in [0.29, 0.717) is 5.69 Å². The van der Waals surface area contributed by atoms with Crippen LogP contribution in [0.1, 0.15) is 29.5 Å². The molecule has 0 atom stereocenters. The zero-order valence-corrected chi connectivity index (χ0v) is 18.7. The van der Waals surface area contributed by atoms with Crippen molar-refractivity contribution in [1.82, 2.24) is 5.32 Å². The van der Waals surface area contributed by atoms with Crippen molar-refractivity contribution in [3.63, 3.8) is 0 Å². The van der Waals surface area contributed by atoms with Crippen molar-refractivity contribution in [1.29, 1.82) is 0 Å². The van der Waals surface area contributed by atoms with Crippen molar-refractivity contribution >= 4 is 62.5 Å². The number of benzene rings is 2. The molecule has 0 aromatic heterocycles. The summed E-state index contributed by atoms with van der Waals surface area (Å²) in [5.41, 5.74) is 5.61. The normalized spacial score (nSPS) is 19.8. The summed E-state index contributed by atoms with van der Waals surface area (Å²) >= 11 is 8.68. The Kier molecular flexibility index (Phi) is 4.95. The lowest BCUT2D eigenvalue weighted by atomic mass is 9.89. The summed E-state index contributed by atoms with van der Waals surface area (Å²) in [5, 5.41) is 2.76. The number of nitrogens with zero attached hydrogens (tertiary/aromatic N) is 2. The second-order valence-electron chi connectivity index (χ2n) is 7.82. The maximum Gasteiger partial charge on any atom is 0.270 e. The molecule has 152 valence electrons. The molecule has 0 radical (unpaired) electrons. The Balaban J connectivity index is 1.54. The first-order valence-electron chi connectivity index (χ1n) is 10.1. The highest BCUT2D eigenvalue weighted by Crippen LogP contribution is 2.36. The molecule has 1 N–H and O–H groups in total. The first kappa shape index (κ1) is 19.5. The van der Waals surface area contributed by atoms with Crippen molar-refractivity contribution in [2.45, 2.75) is 25.7 Å². The van der Waals surface area contributed by atoms with Crippen LogP contribution >= 0.6 is 28.1 Å². The van der Waals surface area contributed by atoms with Gasteiger partial charge in [0.15, 0.2) is 5.11 Å². The van der Waals surface area contributed by atoms with Crippen LogP contribution in [0.25, 0.3) is 6.08 Å². The molecule has 7 heteroatoms. The number of nitrogens with one attached hydrogen (secondary N) is 1. The van der Waals surface area contributed by atoms with E-state index >= 15 is 0 Å². The molecule has 2 amide bonds. The molecule has 3 heterocycles. The Morgan fingerprint density at radius 1 is 1.00 bits per heavy atom. The molecule has 0 saturated carbocycles. The molecule has 2 aromatic rings. The van der Waals surface area contributed by atoms with E-state index in [0.717, 1.165) is 48.8 Å². The first-order chi connectivity index (χ1) is 14.5. The van der Waals surface area contributed by atoms with Crippen LogP contribution in [0.2, 0.25) is 0 Å². The highest BCUT2D eigenvalue weighted by atomic mass is 79.9. The third-order valence-electron chi connectivity index (χ3n) is 5.85. The van der Waals surface area contributed by atoms with E-state index in [2.05, 4.69) is 38.3 Å². The van der Waals surface area contributed by atoms with Gasteiger partial charge in [-0.15, -0.1) is 0 Å². The number of rotatable bonds is 2. The standard InChI is InChI=1S/C23H20BrN3O2S/c24-17-5-7-18(8-6-17)27-22(29)19(21(28)25-23(27)30)13-14-11-15-3-1-9-26-10-2-4-16(12-14)20(15)26/h5-8,11-13H,1-4,9-10H2,(H,25,28,30). The van der Waals surface area contributed by atoms with E-state index in [9.17, 15) is 9.59 Å². The smallest absolute Gasteiger partial charge is 0.270 e. The van der Waals surface area contributed by atoms with Gasteiger partial charge in [-0.3, -0.25) is 19.8 Å². The summed E-state index contributed by atoms with van der Waals surface area (Å²) in [5.74, 6) is -0.856. The van der Waals surface area contributed by atoms with Gasteiger partial charge in [0.25, 0.3) is 11.8 Å². The molecule has 3 aliphatic heterocycles. The van der Waals surface area contributed by atoms with Crippen LogP contribution in [0.3, 0.4) is 0 Å². The van der Waals surface area contributed by atoms with E-state index in [1.165, 1.54) is 21.7 Å². The molecule has 0 unspecified atom stereocenters. The van der Waals surface area contributed by atoms with Crippen molar-refractivity contribution in [3.05, 3.63) is 63.1 Å². The monoisotopic (exact) mass is 481 g/mol. The number of hydrogen-bond acceptors (Lipinski definition) is 4. The molecule has 30 heavy (non-hydrogen) atoms. The predicted octanol–water partition coefficient (Wildman–Crippen LogP) is 3.98. The second-order valence-corrected chi connectivity index (χ2v) is 9.12. The SMILES string of the molecule is O=C1NC(=S)N(c2ccc(Br)cc2)C(=O)C1=Cc1cc2c3c(c1)CCCN3CCC2. The summed E-state index contributed by atoms with van der Waals surface area (Å²) in [4.78, 5) is 29.7. The predicted molar refractivity (Wildman–Crippen MR) is 126 cm³/mol. The van der Waals surface area contributed by atoms with Crippen LogP contribution in [0.5, 0.6) is 0 Å². The number of hydrogen-bond donors (Lipinski definition) is 1. The molecule has 5 rings (SSSR count). The van der Waals surface area contributed by atoms with Crippen molar-refractivity contribution in [2.24, 2.45) is 0 Å². The Morgan fingerprint density at radius 3 is 2.27 bits per heavy atom. The summed E-state index contributed by atoms with van der Waals surface area (Å²) in [6, 6.07) is 11.5. The third-order valence-corrected chi connectivity index (χ3v) is 6.67. The van der Waals surface area contributed by atoms with E-state index in [1.54, 1.807) is 18.2 Å². The van der Waals surface area contributed by atoms with Gasteiger partial charge in [-0.05, 0) is 97.1 Å². The Bertz CT molecular complexity index is 1080. The molecular formula is C23H20BrN3O2S. The van der Waals surface area contributed by atoms with E-state index in [4.69, 9.17) is 12.2 Å². The van der Waals surface area contributed by atoms with Crippen LogP contribution in [0.4, 0.5) is 11.4 Å². The van der Waals surface area contributed by atoms with Gasteiger partial charge >= 0.3 is 0 Å². The van der Waals surface area contributed by atoms with Gasteiger partial charge in [0.1, 0.15) is 5.57 Å². The van der Waals surface area contributed by atoms with Gasteiger partial charge in [0.05, 0.1) is 5.69 Å². The molecule has 1 saturated heterocycles. The molecular weight excluding hydrogens is 462 g/mol.